The maximum Gasteiger partial charge on any atom is 0.0223 e. The molecule has 2 aromatic carbocycles. The number of fused-ring (bicyclic) bond motifs is 1. The van der Waals surface area contributed by atoms with E-state index >= 15 is 0 Å². The average molecular weight is 237 g/mol. The van der Waals surface area contributed by atoms with Crippen molar-refractivity contribution in [3.63, 3.8) is 0 Å². The molecule has 0 saturated carbocycles. The van der Waals surface area contributed by atoms with E-state index < -0.39 is 0 Å². The van der Waals surface area contributed by atoms with Gasteiger partial charge >= 0.3 is 0 Å². The molecule has 0 aromatic heterocycles. The number of aryl methyl sites for hydroxylation is 2. The summed E-state index contributed by atoms with van der Waals surface area (Å²) in [5.74, 6) is 0.496. The topological polar surface area (TPSA) is 12.0 Å². The molecule has 18 heavy (non-hydrogen) atoms. The van der Waals surface area contributed by atoms with Crippen molar-refractivity contribution in [1.29, 1.82) is 0 Å². The quantitative estimate of drug-likeness (QED) is 0.800. The highest BCUT2D eigenvalue weighted by atomic mass is 14.9. The lowest BCUT2D eigenvalue weighted by atomic mass is 9.81. The Labute approximate surface area is 109 Å². The molecule has 1 heterocycles. The van der Waals surface area contributed by atoms with Crippen LogP contribution in [-0.4, -0.2) is 6.54 Å². The molecule has 0 aliphatic carbocycles. The molecular formula is C17H19N. The Morgan fingerprint density at radius 2 is 1.72 bits per heavy atom. The van der Waals surface area contributed by atoms with E-state index in [2.05, 4.69) is 61.6 Å². The summed E-state index contributed by atoms with van der Waals surface area (Å²) < 4.78 is 0. The van der Waals surface area contributed by atoms with Crippen molar-refractivity contribution in [1.82, 2.24) is 5.32 Å². The van der Waals surface area contributed by atoms with Gasteiger partial charge in [0.25, 0.3) is 0 Å². The summed E-state index contributed by atoms with van der Waals surface area (Å²) in [6.45, 7) is 6.49. The molecule has 1 unspecified atom stereocenters. The molecule has 1 heteroatoms. The maximum absolute atomic E-state index is 3.54. The summed E-state index contributed by atoms with van der Waals surface area (Å²) in [4.78, 5) is 0. The van der Waals surface area contributed by atoms with Gasteiger partial charge in [0.05, 0.1) is 0 Å². The Bertz CT molecular complexity index is 572. The number of hydrogen-bond acceptors (Lipinski definition) is 1. The first kappa shape index (κ1) is 11.5. The molecule has 1 atom stereocenters. The van der Waals surface area contributed by atoms with Crippen LogP contribution in [0.4, 0.5) is 0 Å². The van der Waals surface area contributed by atoms with Crippen LogP contribution in [0.5, 0.6) is 0 Å². The SMILES string of the molecule is Cc1ccccc1C1CNCc2cccc(C)c21. The van der Waals surface area contributed by atoms with Crippen molar-refractivity contribution in [2.75, 3.05) is 6.54 Å². The average Bonchev–Trinajstić information content (AvgIpc) is 2.39. The molecule has 0 radical (unpaired) electrons. The summed E-state index contributed by atoms with van der Waals surface area (Å²) >= 11 is 0. The van der Waals surface area contributed by atoms with Crippen LogP contribution in [-0.2, 0) is 6.54 Å². The van der Waals surface area contributed by atoms with Crippen LogP contribution >= 0.6 is 0 Å². The van der Waals surface area contributed by atoms with E-state index in [-0.39, 0.29) is 0 Å². The number of benzene rings is 2. The van der Waals surface area contributed by atoms with Gasteiger partial charge in [-0.3, -0.25) is 0 Å². The lowest BCUT2D eigenvalue weighted by Crippen LogP contribution is -2.29. The van der Waals surface area contributed by atoms with Crippen LogP contribution in [0.3, 0.4) is 0 Å². The van der Waals surface area contributed by atoms with Gasteiger partial charge in [-0.05, 0) is 41.7 Å². The second-order valence-corrected chi connectivity index (χ2v) is 5.19. The summed E-state index contributed by atoms with van der Waals surface area (Å²) in [5, 5.41) is 3.54. The first-order chi connectivity index (χ1) is 8.77. The summed E-state index contributed by atoms with van der Waals surface area (Å²) in [6.07, 6.45) is 0. The van der Waals surface area contributed by atoms with Gasteiger partial charge in [-0.1, -0.05) is 42.5 Å². The Morgan fingerprint density at radius 3 is 2.56 bits per heavy atom. The molecule has 0 saturated heterocycles. The van der Waals surface area contributed by atoms with Gasteiger partial charge in [-0.25, -0.2) is 0 Å². The van der Waals surface area contributed by atoms with E-state index in [9.17, 15) is 0 Å². The summed E-state index contributed by atoms with van der Waals surface area (Å²) in [5.41, 5.74) is 7.25. The van der Waals surface area contributed by atoms with Crippen LogP contribution in [0, 0.1) is 13.8 Å². The van der Waals surface area contributed by atoms with E-state index in [4.69, 9.17) is 0 Å². The van der Waals surface area contributed by atoms with Crippen LogP contribution in [0.1, 0.15) is 33.7 Å². The highest BCUT2D eigenvalue weighted by molar-refractivity contribution is 5.46. The molecule has 0 bridgehead atoms. The highest BCUT2D eigenvalue weighted by Crippen LogP contribution is 2.33. The van der Waals surface area contributed by atoms with Crippen LogP contribution in [0.25, 0.3) is 0 Å². The van der Waals surface area contributed by atoms with Gasteiger partial charge in [0.2, 0.25) is 0 Å². The van der Waals surface area contributed by atoms with Gasteiger partial charge in [-0.15, -0.1) is 0 Å². The van der Waals surface area contributed by atoms with E-state index in [0.717, 1.165) is 13.1 Å². The minimum atomic E-state index is 0.496. The smallest absolute Gasteiger partial charge is 0.0223 e. The number of hydrogen-bond donors (Lipinski definition) is 1. The minimum absolute atomic E-state index is 0.496. The third kappa shape index (κ3) is 1.85. The fourth-order valence-corrected chi connectivity index (χ4v) is 3.09. The zero-order valence-corrected chi connectivity index (χ0v) is 11.0. The fraction of sp³-hybridized carbons (Fsp3) is 0.294. The maximum atomic E-state index is 3.54. The zero-order valence-electron chi connectivity index (χ0n) is 11.0. The van der Waals surface area contributed by atoms with E-state index in [1.807, 2.05) is 0 Å². The Balaban J connectivity index is 2.15. The molecule has 1 N–H and O–H groups in total. The Hall–Kier alpha value is -1.60. The van der Waals surface area contributed by atoms with Crippen molar-refractivity contribution < 1.29 is 0 Å². The molecule has 0 fully saturated rings. The van der Waals surface area contributed by atoms with Crippen LogP contribution in [0.2, 0.25) is 0 Å². The molecule has 1 nitrogen and oxygen atoms in total. The fourth-order valence-electron chi connectivity index (χ4n) is 3.09. The zero-order chi connectivity index (χ0) is 12.5. The molecular weight excluding hydrogens is 218 g/mol. The number of nitrogens with one attached hydrogen (secondary N) is 1. The largest absolute Gasteiger partial charge is 0.312 e. The third-order valence-corrected chi connectivity index (χ3v) is 3.99. The van der Waals surface area contributed by atoms with E-state index in [1.54, 1.807) is 0 Å². The standard InChI is InChI=1S/C17H19N/c1-12-6-3-4-9-15(12)16-11-18-10-14-8-5-7-13(2)17(14)16/h3-9,16,18H,10-11H2,1-2H3. The monoisotopic (exact) mass is 237 g/mol. The van der Waals surface area contributed by atoms with Gasteiger partial charge in [0.15, 0.2) is 0 Å². The van der Waals surface area contributed by atoms with Crippen molar-refractivity contribution in [2.45, 2.75) is 26.3 Å². The molecule has 3 rings (SSSR count). The van der Waals surface area contributed by atoms with Gasteiger partial charge in [0.1, 0.15) is 0 Å². The molecule has 2 aromatic rings. The molecule has 92 valence electrons. The van der Waals surface area contributed by atoms with E-state index in [1.165, 1.54) is 27.8 Å². The second-order valence-electron chi connectivity index (χ2n) is 5.19. The summed E-state index contributed by atoms with van der Waals surface area (Å²) in [7, 11) is 0. The van der Waals surface area contributed by atoms with Crippen molar-refractivity contribution >= 4 is 0 Å². The second kappa shape index (κ2) is 4.58. The first-order valence-corrected chi connectivity index (χ1v) is 6.62. The van der Waals surface area contributed by atoms with Gasteiger partial charge in [0, 0.05) is 19.0 Å². The lowest BCUT2D eigenvalue weighted by molar-refractivity contribution is 0.587. The van der Waals surface area contributed by atoms with Crippen molar-refractivity contribution in [3.8, 4) is 0 Å². The van der Waals surface area contributed by atoms with Crippen LogP contribution < -0.4 is 5.32 Å². The Morgan fingerprint density at radius 1 is 0.944 bits per heavy atom. The van der Waals surface area contributed by atoms with E-state index in [0.29, 0.717) is 5.92 Å². The molecule has 1 aliphatic rings. The molecule has 0 amide bonds. The third-order valence-electron chi connectivity index (χ3n) is 3.99. The minimum Gasteiger partial charge on any atom is -0.312 e. The van der Waals surface area contributed by atoms with Crippen molar-refractivity contribution in [2.24, 2.45) is 0 Å². The number of rotatable bonds is 1. The van der Waals surface area contributed by atoms with Crippen LogP contribution in [0.15, 0.2) is 42.5 Å². The molecule has 0 spiro atoms. The predicted molar refractivity (Wildman–Crippen MR) is 75.9 cm³/mol. The van der Waals surface area contributed by atoms with Gasteiger partial charge in [-0.2, -0.15) is 0 Å². The summed E-state index contributed by atoms with van der Waals surface area (Å²) in [6, 6.07) is 15.4. The molecule has 1 aliphatic heterocycles. The Kier molecular flexibility index (Phi) is 2.92. The first-order valence-electron chi connectivity index (χ1n) is 6.62. The van der Waals surface area contributed by atoms with Gasteiger partial charge < -0.3 is 5.32 Å². The van der Waals surface area contributed by atoms with Crippen molar-refractivity contribution in [3.05, 3.63) is 70.3 Å². The lowest BCUT2D eigenvalue weighted by Gasteiger charge is -2.29. The predicted octanol–water partition coefficient (Wildman–Crippen LogP) is 3.54. The normalized spacial score (nSPS) is 18.4. The highest BCUT2D eigenvalue weighted by Gasteiger charge is 2.23.